The molecule has 2 fully saturated rings. The Bertz CT molecular complexity index is 312. The van der Waals surface area contributed by atoms with Crippen molar-refractivity contribution < 1.29 is 9.53 Å². The second-order valence-electron chi connectivity index (χ2n) is 7.24. The first-order valence-corrected chi connectivity index (χ1v) is 8.23. The van der Waals surface area contributed by atoms with E-state index in [9.17, 15) is 4.79 Å². The van der Waals surface area contributed by atoms with Gasteiger partial charge in [-0.3, -0.25) is 4.79 Å². The smallest absolute Gasteiger partial charge is 0.306 e. The van der Waals surface area contributed by atoms with Crippen LogP contribution < -0.4 is 0 Å². The van der Waals surface area contributed by atoms with Gasteiger partial charge in [-0.05, 0) is 42.9 Å². The average molecular weight is 266 g/mol. The third kappa shape index (κ3) is 3.73. The Kier molecular flexibility index (Phi) is 4.92. The maximum absolute atomic E-state index is 11.6. The van der Waals surface area contributed by atoms with E-state index < -0.39 is 0 Å². The first-order chi connectivity index (χ1) is 9.04. The lowest BCUT2D eigenvalue weighted by atomic mass is 9.64. The topological polar surface area (TPSA) is 26.3 Å². The van der Waals surface area contributed by atoms with E-state index in [1.54, 1.807) is 0 Å². The average Bonchev–Trinajstić information content (AvgIpc) is 2.34. The van der Waals surface area contributed by atoms with Gasteiger partial charge in [0, 0.05) is 6.42 Å². The zero-order chi connectivity index (χ0) is 13.9. The minimum Gasteiger partial charge on any atom is -0.462 e. The molecule has 1 saturated heterocycles. The Morgan fingerprint density at radius 1 is 1.32 bits per heavy atom. The van der Waals surface area contributed by atoms with Crippen LogP contribution in [-0.4, -0.2) is 12.1 Å². The van der Waals surface area contributed by atoms with Gasteiger partial charge in [0.2, 0.25) is 0 Å². The first-order valence-electron chi connectivity index (χ1n) is 8.23. The number of ether oxygens (including phenoxy) is 1. The molecule has 2 aliphatic rings. The summed E-state index contributed by atoms with van der Waals surface area (Å²) in [5.41, 5.74) is 0.409. The van der Waals surface area contributed by atoms with E-state index in [0.29, 0.717) is 23.7 Å². The van der Waals surface area contributed by atoms with Crippen LogP contribution in [0.1, 0.15) is 78.6 Å². The second-order valence-corrected chi connectivity index (χ2v) is 7.24. The van der Waals surface area contributed by atoms with E-state index in [1.165, 1.54) is 44.9 Å². The third-order valence-corrected chi connectivity index (χ3v) is 5.39. The van der Waals surface area contributed by atoms with Crippen molar-refractivity contribution in [1.29, 1.82) is 0 Å². The Hall–Kier alpha value is -0.530. The number of rotatable bonds is 5. The molecule has 1 heterocycles. The van der Waals surface area contributed by atoms with Gasteiger partial charge in [-0.25, -0.2) is 0 Å². The number of carbonyl (C=O) groups excluding carboxylic acids is 1. The molecule has 0 aromatic heterocycles. The van der Waals surface area contributed by atoms with Gasteiger partial charge >= 0.3 is 5.97 Å². The molecular weight excluding hydrogens is 236 g/mol. The minimum atomic E-state index is 0.0315. The summed E-state index contributed by atoms with van der Waals surface area (Å²) in [6.45, 7) is 6.89. The maximum Gasteiger partial charge on any atom is 0.306 e. The molecule has 2 nitrogen and oxygen atoms in total. The fourth-order valence-electron chi connectivity index (χ4n) is 4.06. The summed E-state index contributed by atoms with van der Waals surface area (Å²) in [5.74, 6) is 1.18. The second kappa shape index (κ2) is 6.28. The van der Waals surface area contributed by atoms with Crippen LogP contribution in [0.25, 0.3) is 0 Å². The van der Waals surface area contributed by atoms with E-state index in [1.807, 2.05) is 0 Å². The quantitative estimate of drug-likeness (QED) is 0.532. The number of hydrogen-bond donors (Lipinski definition) is 0. The molecule has 2 heteroatoms. The van der Waals surface area contributed by atoms with Gasteiger partial charge in [0.05, 0.1) is 0 Å². The summed E-state index contributed by atoms with van der Waals surface area (Å²) in [7, 11) is 0. The summed E-state index contributed by atoms with van der Waals surface area (Å²) in [6.07, 6.45) is 11.2. The Balaban J connectivity index is 1.87. The molecule has 0 bridgehead atoms. The van der Waals surface area contributed by atoms with Crippen LogP contribution in [0.2, 0.25) is 0 Å². The minimum absolute atomic E-state index is 0.0315. The predicted molar refractivity (Wildman–Crippen MR) is 77.9 cm³/mol. The molecule has 0 aromatic rings. The Morgan fingerprint density at radius 2 is 2.11 bits per heavy atom. The number of hydrogen-bond acceptors (Lipinski definition) is 2. The highest BCUT2D eigenvalue weighted by molar-refractivity contribution is 5.70. The molecule has 0 aromatic carbocycles. The summed E-state index contributed by atoms with van der Waals surface area (Å²) in [6, 6.07) is 0. The highest BCUT2D eigenvalue weighted by atomic mass is 16.5. The van der Waals surface area contributed by atoms with Gasteiger partial charge in [0.15, 0.2) is 0 Å². The molecule has 1 aliphatic heterocycles. The van der Waals surface area contributed by atoms with Crippen molar-refractivity contribution in [2.75, 3.05) is 0 Å². The van der Waals surface area contributed by atoms with Crippen molar-refractivity contribution in [3.8, 4) is 0 Å². The molecule has 0 spiro atoms. The standard InChI is InChI=1S/C17H30O2/c1-4-5-6-7-9-17(3)10-8-14-13(2)11-16(18)19-15(14)12-17/h13-15H,4-12H2,1-3H3. The Morgan fingerprint density at radius 3 is 2.84 bits per heavy atom. The van der Waals surface area contributed by atoms with Crippen LogP contribution in [0.5, 0.6) is 0 Å². The molecule has 1 aliphatic carbocycles. The third-order valence-electron chi connectivity index (χ3n) is 5.39. The van der Waals surface area contributed by atoms with Crippen molar-refractivity contribution in [2.45, 2.75) is 84.7 Å². The lowest BCUT2D eigenvalue weighted by molar-refractivity contribution is -0.170. The molecule has 0 radical (unpaired) electrons. The van der Waals surface area contributed by atoms with Crippen LogP contribution in [0.3, 0.4) is 0 Å². The Labute approximate surface area is 118 Å². The number of esters is 1. The fraction of sp³-hybridized carbons (Fsp3) is 0.941. The van der Waals surface area contributed by atoms with E-state index in [0.717, 1.165) is 6.42 Å². The lowest BCUT2D eigenvalue weighted by Gasteiger charge is -2.46. The van der Waals surface area contributed by atoms with Crippen LogP contribution in [0, 0.1) is 17.3 Å². The number of unbranched alkanes of at least 4 members (excludes halogenated alkanes) is 3. The SMILES string of the molecule is CCCCCCC1(C)CCC2C(C)CC(=O)OC2C1. The van der Waals surface area contributed by atoms with Gasteiger partial charge < -0.3 is 4.74 Å². The predicted octanol–water partition coefficient (Wildman–Crippen LogP) is 4.71. The summed E-state index contributed by atoms with van der Waals surface area (Å²) in [4.78, 5) is 11.6. The van der Waals surface area contributed by atoms with Gasteiger partial charge in [0.25, 0.3) is 0 Å². The van der Waals surface area contributed by atoms with E-state index >= 15 is 0 Å². The summed E-state index contributed by atoms with van der Waals surface area (Å²) < 4.78 is 5.64. The molecule has 4 unspecified atom stereocenters. The fourth-order valence-corrected chi connectivity index (χ4v) is 4.06. The van der Waals surface area contributed by atoms with Crippen LogP contribution >= 0.6 is 0 Å². The maximum atomic E-state index is 11.6. The van der Waals surface area contributed by atoms with E-state index in [4.69, 9.17) is 4.74 Å². The molecule has 1 saturated carbocycles. The first kappa shape index (κ1) is 14.9. The molecule has 0 amide bonds. The molecule has 110 valence electrons. The van der Waals surface area contributed by atoms with Crippen molar-refractivity contribution in [3.63, 3.8) is 0 Å². The van der Waals surface area contributed by atoms with E-state index in [-0.39, 0.29) is 12.1 Å². The van der Waals surface area contributed by atoms with Crippen molar-refractivity contribution in [1.82, 2.24) is 0 Å². The normalized spacial score (nSPS) is 38.7. The largest absolute Gasteiger partial charge is 0.462 e. The number of carbonyl (C=O) groups is 1. The van der Waals surface area contributed by atoms with Gasteiger partial charge in [0.1, 0.15) is 6.10 Å². The van der Waals surface area contributed by atoms with Crippen LogP contribution in [0.4, 0.5) is 0 Å². The molecule has 19 heavy (non-hydrogen) atoms. The molecular formula is C17H30O2. The highest BCUT2D eigenvalue weighted by Gasteiger charge is 2.44. The number of fused-ring (bicyclic) bond motifs is 1. The molecule has 0 N–H and O–H groups in total. The molecule has 2 rings (SSSR count). The monoisotopic (exact) mass is 266 g/mol. The van der Waals surface area contributed by atoms with E-state index in [2.05, 4.69) is 20.8 Å². The van der Waals surface area contributed by atoms with Crippen molar-refractivity contribution in [2.24, 2.45) is 17.3 Å². The van der Waals surface area contributed by atoms with Crippen LogP contribution in [0.15, 0.2) is 0 Å². The summed E-state index contributed by atoms with van der Waals surface area (Å²) >= 11 is 0. The highest BCUT2D eigenvalue weighted by Crippen LogP contribution is 2.47. The zero-order valence-corrected chi connectivity index (χ0v) is 12.9. The lowest BCUT2D eigenvalue weighted by Crippen LogP contribution is -2.45. The van der Waals surface area contributed by atoms with Gasteiger partial charge in [-0.2, -0.15) is 0 Å². The van der Waals surface area contributed by atoms with Gasteiger partial charge in [-0.15, -0.1) is 0 Å². The molecule has 4 atom stereocenters. The van der Waals surface area contributed by atoms with Crippen molar-refractivity contribution >= 4 is 5.97 Å². The summed E-state index contributed by atoms with van der Waals surface area (Å²) in [5, 5.41) is 0. The van der Waals surface area contributed by atoms with Crippen LogP contribution in [-0.2, 0) is 9.53 Å². The van der Waals surface area contributed by atoms with Crippen molar-refractivity contribution in [3.05, 3.63) is 0 Å². The zero-order valence-electron chi connectivity index (χ0n) is 12.9. The van der Waals surface area contributed by atoms with Gasteiger partial charge in [-0.1, -0.05) is 46.5 Å².